The summed E-state index contributed by atoms with van der Waals surface area (Å²) >= 11 is 0. The van der Waals surface area contributed by atoms with E-state index in [4.69, 9.17) is 0 Å². The highest BCUT2D eigenvalue weighted by atomic mass is 13.8. The van der Waals surface area contributed by atoms with Gasteiger partial charge in [0, 0.05) is 12.8 Å². The summed E-state index contributed by atoms with van der Waals surface area (Å²) < 4.78 is 0. The minimum absolute atomic E-state index is 1.18. The Hall–Kier alpha value is -0.610. The van der Waals surface area contributed by atoms with Gasteiger partial charge in [0.1, 0.15) is 0 Å². The second-order valence-corrected chi connectivity index (χ2v) is 1.35. The van der Waals surface area contributed by atoms with Crippen molar-refractivity contribution in [3.63, 3.8) is 0 Å². The third-order valence-corrected chi connectivity index (χ3v) is 0.810. The Balaban J connectivity index is 2.46. The van der Waals surface area contributed by atoms with Crippen LogP contribution in [0.15, 0.2) is 18.2 Å². The average molecular weight is 79.1 g/mol. The molecule has 0 aromatic rings. The van der Waals surface area contributed by atoms with Gasteiger partial charge in [-0.15, -0.1) is 0 Å². The van der Waals surface area contributed by atoms with E-state index in [0.29, 0.717) is 0 Å². The number of allylic oxidation sites excluding steroid dienone is 4. The van der Waals surface area contributed by atoms with E-state index in [1.807, 2.05) is 6.08 Å². The van der Waals surface area contributed by atoms with Gasteiger partial charge < -0.3 is 0 Å². The molecule has 0 atom stereocenters. The Bertz CT molecular complexity index is 66.0. The van der Waals surface area contributed by atoms with Crippen molar-refractivity contribution in [2.45, 2.75) is 12.8 Å². The molecule has 6 heavy (non-hydrogen) atoms. The fourth-order valence-electron chi connectivity index (χ4n) is 0.482. The van der Waals surface area contributed by atoms with Crippen molar-refractivity contribution >= 4 is 0 Å². The van der Waals surface area contributed by atoms with E-state index in [0.717, 1.165) is 0 Å². The molecule has 0 heterocycles. The Morgan fingerprint density at radius 2 is 2.33 bits per heavy atom. The van der Waals surface area contributed by atoms with Gasteiger partial charge in [-0.2, -0.15) is 0 Å². The zero-order valence-corrected chi connectivity index (χ0v) is 3.65. The molecule has 1 rings (SSSR count). The van der Waals surface area contributed by atoms with Gasteiger partial charge in [0.05, 0.1) is 18.2 Å². The summed E-state index contributed by atoms with van der Waals surface area (Å²) in [6.07, 6.45) is 11.5. The van der Waals surface area contributed by atoms with Crippen LogP contribution >= 0.6 is 0 Å². The number of hydrogen-bond acceptors (Lipinski definition) is 0. The highest BCUT2D eigenvalue weighted by Gasteiger charge is 1.89. The van der Waals surface area contributed by atoms with Gasteiger partial charge in [0.2, 0.25) is 0 Å². The van der Waals surface area contributed by atoms with Gasteiger partial charge in [-0.1, -0.05) is 0 Å². The fraction of sp³-hybridized carbons (Fsp3) is 0.333. The van der Waals surface area contributed by atoms with E-state index < -0.39 is 0 Å². The highest BCUT2D eigenvalue weighted by molar-refractivity contribution is 5.00. The molecule has 0 saturated heterocycles. The molecular weight excluding hydrogens is 72.1 g/mol. The molecule has 0 saturated carbocycles. The smallest absolute Gasteiger partial charge is 0.0146 e. The Kier molecular flexibility index (Phi) is 1.03. The predicted molar refractivity (Wildman–Crippen MR) is 26.2 cm³/mol. The van der Waals surface area contributed by atoms with Crippen molar-refractivity contribution in [1.82, 2.24) is 0 Å². The maximum absolute atomic E-state index is 2.98. The molecule has 0 bridgehead atoms. The maximum atomic E-state index is 2.98. The van der Waals surface area contributed by atoms with E-state index in [-0.39, 0.29) is 0 Å². The summed E-state index contributed by atoms with van der Waals surface area (Å²) in [5, 5.41) is 0. The summed E-state index contributed by atoms with van der Waals surface area (Å²) in [7, 11) is 0. The standard InChI is InChI=1S/C6H7/c1-2-4-6-5-3-1/h1-2,6H,3,5H2/q+1. The molecule has 0 nitrogen and oxygen atoms in total. The van der Waals surface area contributed by atoms with Crippen LogP contribution in [0.25, 0.3) is 0 Å². The summed E-state index contributed by atoms with van der Waals surface area (Å²) in [4.78, 5) is 0. The van der Waals surface area contributed by atoms with Crippen LogP contribution in [-0.2, 0) is 0 Å². The number of rotatable bonds is 0. The topological polar surface area (TPSA) is 0 Å². The molecule has 0 fully saturated rings. The lowest BCUT2D eigenvalue weighted by Crippen LogP contribution is -1.68. The molecule has 0 radical (unpaired) electrons. The lowest BCUT2D eigenvalue weighted by atomic mass is 10.2. The summed E-state index contributed by atoms with van der Waals surface area (Å²) in [6.45, 7) is 0. The molecule has 0 N–H and O–H groups in total. The molecule has 30 valence electrons. The van der Waals surface area contributed by atoms with Crippen molar-refractivity contribution in [2.75, 3.05) is 0 Å². The van der Waals surface area contributed by atoms with E-state index in [2.05, 4.69) is 18.2 Å². The van der Waals surface area contributed by atoms with Crippen LogP contribution in [0.5, 0.6) is 0 Å². The first kappa shape index (κ1) is 3.58. The van der Waals surface area contributed by atoms with Gasteiger partial charge in [0.25, 0.3) is 0 Å². The predicted octanol–water partition coefficient (Wildman–Crippen LogP) is 1.70. The van der Waals surface area contributed by atoms with Crippen LogP contribution in [0.3, 0.4) is 0 Å². The minimum atomic E-state index is 1.18. The zero-order chi connectivity index (χ0) is 4.24. The van der Waals surface area contributed by atoms with Gasteiger partial charge in [-0.3, -0.25) is 0 Å². The normalized spacial score (nSPS) is 17.3. The van der Waals surface area contributed by atoms with Gasteiger partial charge in [0.15, 0.2) is 6.08 Å². The molecule has 1 aliphatic rings. The highest BCUT2D eigenvalue weighted by Crippen LogP contribution is 1.97. The SMILES string of the molecule is [C+]1=CCCC=C1. The monoisotopic (exact) mass is 79.1 g/mol. The molecule has 1 aliphatic carbocycles. The molecule has 0 unspecified atom stereocenters. The van der Waals surface area contributed by atoms with E-state index in [1.165, 1.54) is 12.8 Å². The summed E-state index contributed by atoms with van der Waals surface area (Å²) in [5.41, 5.74) is 0. The van der Waals surface area contributed by atoms with E-state index in [1.54, 1.807) is 0 Å². The van der Waals surface area contributed by atoms with E-state index >= 15 is 0 Å². The molecule has 0 aromatic heterocycles. The van der Waals surface area contributed by atoms with Crippen molar-refractivity contribution < 1.29 is 0 Å². The molecular formula is C6H7+. The molecule has 0 heteroatoms. The van der Waals surface area contributed by atoms with Gasteiger partial charge in [-0.05, 0) is 0 Å². The Morgan fingerprint density at radius 1 is 1.33 bits per heavy atom. The summed E-state index contributed by atoms with van der Waals surface area (Å²) in [6, 6.07) is 0. The molecule has 0 aliphatic heterocycles. The van der Waals surface area contributed by atoms with Crippen LogP contribution in [0.1, 0.15) is 12.8 Å². The zero-order valence-electron chi connectivity index (χ0n) is 3.65. The summed E-state index contributed by atoms with van der Waals surface area (Å²) in [5.74, 6) is 0. The van der Waals surface area contributed by atoms with Crippen LogP contribution in [0, 0.1) is 6.08 Å². The van der Waals surface area contributed by atoms with Crippen LogP contribution in [0.2, 0.25) is 0 Å². The molecule has 0 spiro atoms. The fourth-order valence-corrected chi connectivity index (χ4v) is 0.482. The molecule has 0 aromatic carbocycles. The maximum Gasteiger partial charge on any atom is 0.155 e. The van der Waals surface area contributed by atoms with Crippen molar-refractivity contribution in [2.24, 2.45) is 0 Å². The molecule has 0 amide bonds. The van der Waals surface area contributed by atoms with Crippen LogP contribution in [0.4, 0.5) is 0 Å². The third-order valence-electron chi connectivity index (χ3n) is 0.810. The lowest BCUT2D eigenvalue weighted by molar-refractivity contribution is 1.03. The van der Waals surface area contributed by atoms with Crippen LogP contribution in [-0.4, -0.2) is 0 Å². The van der Waals surface area contributed by atoms with Crippen molar-refractivity contribution in [3.05, 3.63) is 24.3 Å². The van der Waals surface area contributed by atoms with Gasteiger partial charge in [-0.25, -0.2) is 0 Å². The second kappa shape index (κ2) is 1.74. The Labute approximate surface area is 38.2 Å². The number of hydrogen-bond donors (Lipinski definition) is 0. The van der Waals surface area contributed by atoms with Crippen LogP contribution < -0.4 is 0 Å². The lowest BCUT2D eigenvalue weighted by Gasteiger charge is -1.77. The Morgan fingerprint density at radius 3 is 2.50 bits per heavy atom. The average Bonchev–Trinajstić information content (AvgIpc) is 1.72. The van der Waals surface area contributed by atoms with Crippen molar-refractivity contribution in [1.29, 1.82) is 0 Å². The first-order valence-corrected chi connectivity index (χ1v) is 2.23. The van der Waals surface area contributed by atoms with Crippen molar-refractivity contribution in [3.8, 4) is 0 Å². The quantitative estimate of drug-likeness (QED) is 0.388. The first-order valence-electron chi connectivity index (χ1n) is 2.23. The third kappa shape index (κ3) is 0.667. The minimum Gasteiger partial charge on any atom is 0.0146 e. The van der Waals surface area contributed by atoms with Gasteiger partial charge >= 0.3 is 0 Å². The second-order valence-electron chi connectivity index (χ2n) is 1.35. The largest absolute Gasteiger partial charge is 0.155 e. The first-order chi connectivity index (χ1) is 3.00. The van der Waals surface area contributed by atoms with E-state index in [9.17, 15) is 0 Å².